The van der Waals surface area contributed by atoms with Gasteiger partial charge in [-0.15, -0.1) is 11.3 Å². The Morgan fingerprint density at radius 2 is 1.77 bits per heavy atom. The second-order valence-electron chi connectivity index (χ2n) is 6.86. The van der Waals surface area contributed by atoms with Gasteiger partial charge in [0.05, 0.1) is 10.9 Å². The summed E-state index contributed by atoms with van der Waals surface area (Å²) in [6.45, 7) is 3.91. The lowest BCUT2D eigenvalue weighted by Gasteiger charge is -2.33. The van der Waals surface area contributed by atoms with E-state index in [2.05, 4.69) is 18.4 Å². The molecule has 0 N–H and O–H groups in total. The average Bonchev–Trinajstić information content (AvgIpc) is 3.34. The van der Waals surface area contributed by atoms with Crippen molar-refractivity contribution in [2.24, 2.45) is 0 Å². The Bertz CT molecular complexity index is 913. The monoisotopic (exact) mass is 390 g/mol. The zero-order valence-electron chi connectivity index (χ0n) is 14.7. The molecule has 1 fully saturated rings. The van der Waals surface area contributed by atoms with Crippen LogP contribution in [0.25, 0.3) is 0 Å². The van der Waals surface area contributed by atoms with Gasteiger partial charge in [-0.25, -0.2) is 8.42 Å². The van der Waals surface area contributed by atoms with Crippen LogP contribution in [0.1, 0.15) is 46.6 Å². The number of nitrogens with zero attached hydrogens (tertiary/aromatic N) is 2. The van der Waals surface area contributed by atoms with Crippen LogP contribution in [0.4, 0.5) is 0 Å². The number of sulfonamides is 1. The van der Waals surface area contributed by atoms with Crippen LogP contribution in [0.2, 0.25) is 0 Å². The molecular weight excluding hydrogens is 368 g/mol. The van der Waals surface area contributed by atoms with Crippen molar-refractivity contribution in [3.63, 3.8) is 0 Å². The number of amides is 1. The van der Waals surface area contributed by atoms with Crippen molar-refractivity contribution < 1.29 is 13.2 Å². The van der Waals surface area contributed by atoms with Crippen LogP contribution < -0.4 is 0 Å². The van der Waals surface area contributed by atoms with Crippen molar-refractivity contribution in [2.75, 3.05) is 19.6 Å². The molecule has 7 heteroatoms. The third-order valence-electron chi connectivity index (χ3n) is 5.34. The minimum Gasteiger partial charge on any atom is -0.331 e. The lowest BCUT2D eigenvalue weighted by atomic mass is 10.0. The van der Waals surface area contributed by atoms with Crippen LogP contribution in [0, 0.1) is 0 Å². The number of hydrogen-bond donors (Lipinski definition) is 0. The number of hydrogen-bond acceptors (Lipinski definition) is 4. The molecule has 5 nitrogen and oxygen atoms in total. The summed E-state index contributed by atoms with van der Waals surface area (Å²) in [7, 11) is -3.44. The van der Waals surface area contributed by atoms with Gasteiger partial charge in [0.15, 0.2) is 0 Å². The summed E-state index contributed by atoms with van der Waals surface area (Å²) in [5.41, 5.74) is 1.76. The topological polar surface area (TPSA) is 57.7 Å². The highest BCUT2D eigenvalue weighted by molar-refractivity contribution is 7.89. The van der Waals surface area contributed by atoms with Gasteiger partial charge in [0, 0.05) is 30.1 Å². The van der Waals surface area contributed by atoms with E-state index >= 15 is 0 Å². The maximum absolute atomic E-state index is 12.9. The fourth-order valence-electron chi connectivity index (χ4n) is 3.80. The van der Waals surface area contributed by atoms with Gasteiger partial charge in [0.2, 0.25) is 10.0 Å². The maximum Gasteiger partial charge on any atom is 0.254 e. The summed E-state index contributed by atoms with van der Waals surface area (Å²) in [6.07, 6.45) is 2.70. The van der Waals surface area contributed by atoms with E-state index in [0.717, 1.165) is 19.3 Å². The molecular formula is C19H22N2O3S2. The van der Waals surface area contributed by atoms with Crippen molar-refractivity contribution in [3.05, 3.63) is 51.7 Å². The minimum absolute atomic E-state index is 0.0422. The zero-order valence-corrected chi connectivity index (χ0v) is 16.4. The van der Waals surface area contributed by atoms with Gasteiger partial charge in [-0.05, 0) is 67.5 Å². The number of carbonyl (C=O) groups excluding carboxylic acids is 1. The van der Waals surface area contributed by atoms with Crippen molar-refractivity contribution in [1.82, 2.24) is 9.21 Å². The summed E-state index contributed by atoms with van der Waals surface area (Å²) >= 11 is 1.75. The van der Waals surface area contributed by atoms with Crippen LogP contribution in [-0.4, -0.2) is 43.2 Å². The summed E-state index contributed by atoms with van der Waals surface area (Å²) in [6, 6.07) is 8.54. The van der Waals surface area contributed by atoms with Crippen LogP contribution in [-0.2, 0) is 16.4 Å². The van der Waals surface area contributed by atoms with E-state index in [1.54, 1.807) is 35.6 Å². The van der Waals surface area contributed by atoms with Gasteiger partial charge in [-0.3, -0.25) is 4.79 Å². The molecule has 0 unspecified atom stereocenters. The zero-order chi connectivity index (χ0) is 18.3. The number of thiophene rings is 1. The molecule has 0 radical (unpaired) electrons. The Labute approximate surface area is 158 Å². The van der Waals surface area contributed by atoms with Crippen LogP contribution in [0.15, 0.2) is 40.6 Å². The standard InChI is InChI=1S/C19H22N2O3S2/c1-14-17-9-13-25-18(17)8-12-21(14)19(22)15-4-6-16(7-5-15)26(23,24)20-10-2-3-11-20/h4-7,9,13-14H,2-3,8,10-12H2,1H3/t14-/m1/s1. The van der Waals surface area contributed by atoms with Crippen molar-refractivity contribution in [2.45, 2.75) is 37.1 Å². The summed E-state index contributed by atoms with van der Waals surface area (Å²) in [5.74, 6) is -0.0422. The Morgan fingerprint density at radius 3 is 2.46 bits per heavy atom. The largest absolute Gasteiger partial charge is 0.331 e. The fraction of sp³-hybridized carbons (Fsp3) is 0.421. The second kappa shape index (κ2) is 6.79. The fourth-order valence-corrected chi connectivity index (χ4v) is 6.28. The Kier molecular flexibility index (Phi) is 4.62. The summed E-state index contributed by atoms with van der Waals surface area (Å²) in [5, 5.41) is 2.08. The molecule has 1 saturated heterocycles. The molecule has 0 bridgehead atoms. The number of carbonyl (C=O) groups is 1. The lowest BCUT2D eigenvalue weighted by Crippen LogP contribution is -2.38. The third kappa shape index (κ3) is 2.98. The molecule has 2 aliphatic rings. The van der Waals surface area contributed by atoms with E-state index in [1.807, 2.05) is 4.90 Å². The highest BCUT2D eigenvalue weighted by Gasteiger charge is 2.30. The lowest BCUT2D eigenvalue weighted by molar-refractivity contribution is 0.0679. The van der Waals surface area contributed by atoms with E-state index in [0.29, 0.717) is 25.2 Å². The van der Waals surface area contributed by atoms with Crippen LogP contribution >= 0.6 is 11.3 Å². The molecule has 26 heavy (non-hydrogen) atoms. The molecule has 1 aromatic heterocycles. The van der Waals surface area contributed by atoms with Gasteiger partial charge in [0.25, 0.3) is 5.91 Å². The quantitative estimate of drug-likeness (QED) is 0.808. The molecule has 3 heterocycles. The first-order valence-corrected chi connectivity index (χ1v) is 11.3. The molecule has 1 amide bonds. The first-order valence-electron chi connectivity index (χ1n) is 8.96. The summed E-state index contributed by atoms with van der Waals surface area (Å²) < 4.78 is 26.7. The summed E-state index contributed by atoms with van der Waals surface area (Å²) in [4.78, 5) is 16.4. The molecule has 0 saturated carbocycles. The van der Waals surface area contributed by atoms with E-state index in [1.165, 1.54) is 14.7 Å². The van der Waals surface area contributed by atoms with Crippen molar-refractivity contribution >= 4 is 27.3 Å². The van der Waals surface area contributed by atoms with Gasteiger partial charge >= 0.3 is 0 Å². The number of benzene rings is 1. The van der Waals surface area contributed by atoms with Gasteiger partial charge in [0.1, 0.15) is 0 Å². The third-order valence-corrected chi connectivity index (χ3v) is 8.25. The van der Waals surface area contributed by atoms with Gasteiger partial charge in [-0.2, -0.15) is 4.31 Å². The molecule has 4 rings (SSSR count). The van der Waals surface area contributed by atoms with Crippen molar-refractivity contribution in [3.8, 4) is 0 Å². The molecule has 0 spiro atoms. The van der Waals surface area contributed by atoms with E-state index < -0.39 is 10.0 Å². The highest BCUT2D eigenvalue weighted by Crippen LogP contribution is 2.33. The SMILES string of the molecule is C[C@@H]1c2ccsc2CCN1C(=O)c1ccc(S(=O)(=O)N2CCCC2)cc1. The first kappa shape index (κ1) is 17.7. The van der Waals surface area contributed by atoms with Crippen molar-refractivity contribution in [1.29, 1.82) is 0 Å². The smallest absolute Gasteiger partial charge is 0.254 e. The molecule has 0 aliphatic carbocycles. The number of rotatable bonds is 3. The molecule has 2 aliphatic heterocycles. The second-order valence-corrected chi connectivity index (χ2v) is 9.80. The van der Waals surface area contributed by atoms with Crippen LogP contribution in [0.5, 0.6) is 0 Å². The van der Waals surface area contributed by atoms with E-state index in [9.17, 15) is 13.2 Å². The Morgan fingerprint density at radius 1 is 1.08 bits per heavy atom. The van der Waals surface area contributed by atoms with E-state index in [4.69, 9.17) is 0 Å². The average molecular weight is 391 g/mol. The number of fused-ring (bicyclic) bond motifs is 1. The highest BCUT2D eigenvalue weighted by atomic mass is 32.2. The molecule has 138 valence electrons. The van der Waals surface area contributed by atoms with E-state index in [-0.39, 0.29) is 16.8 Å². The predicted molar refractivity (Wildman–Crippen MR) is 102 cm³/mol. The van der Waals surface area contributed by atoms with Crippen LogP contribution in [0.3, 0.4) is 0 Å². The predicted octanol–water partition coefficient (Wildman–Crippen LogP) is 3.29. The minimum atomic E-state index is -3.44. The molecule has 2 aromatic rings. The Balaban J connectivity index is 1.55. The molecule has 1 aromatic carbocycles. The van der Waals surface area contributed by atoms with Gasteiger partial charge < -0.3 is 4.90 Å². The maximum atomic E-state index is 12.9. The Hall–Kier alpha value is -1.70. The first-order chi connectivity index (χ1) is 12.5. The van der Waals surface area contributed by atoms with Gasteiger partial charge in [-0.1, -0.05) is 0 Å². The molecule has 1 atom stereocenters. The normalized spacial score (nSPS) is 21.0.